The molecule has 2 atom stereocenters. The minimum absolute atomic E-state index is 0.139. The Morgan fingerprint density at radius 3 is 2.69 bits per heavy atom. The number of nitrogens with zero attached hydrogens (tertiary/aromatic N) is 2. The average molecular weight is 463 g/mol. The Labute approximate surface area is 191 Å². The molecule has 170 valence electrons. The zero-order chi connectivity index (χ0) is 23.3. The number of nitriles is 1. The van der Waals surface area contributed by atoms with Crippen molar-refractivity contribution in [2.75, 3.05) is 13.1 Å². The third-order valence-electron chi connectivity index (χ3n) is 6.30. The van der Waals surface area contributed by atoms with Crippen molar-refractivity contribution in [3.05, 3.63) is 69.7 Å². The SMILES string of the molecule is Cc1ccccc1CC(CCc1ccc(C#N)c(Cl)c1)C1CCN(C(=O)CC(F)(F)F)C1. The molecule has 1 fully saturated rings. The zero-order valence-corrected chi connectivity index (χ0v) is 18.7. The predicted octanol–water partition coefficient (Wildman–Crippen LogP) is 6.11. The number of halogens is 4. The van der Waals surface area contributed by atoms with Gasteiger partial charge in [-0.1, -0.05) is 41.9 Å². The van der Waals surface area contributed by atoms with Gasteiger partial charge in [-0.05, 0) is 73.3 Å². The maximum Gasteiger partial charge on any atom is 0.397 e. The van der Waals surface area contributed by atoms with Gasteiger partial charge in [0.1, 0.15) is 12.5 Å². The molecule has 32 heavy (non-hydrogen) atoms. The molecule has 0 aliphatic carbocycles. The number of hydrogen-bond donors (Lipinski definition) is 0. The topological polar surface area (TPSA) is 44.1 Å². The highest BCUT2D eigenvalue weighted by molar-refractivity contribution is 6.31. The molecule has 2 aromatic carbocycles. The molecule has 0 aromatic heterocycles. The lowest BCUT2D eigenvalue weighted by Gasteiger charge is -2.25. The molecule has 1 aliphatic heterocycles. The Morgan fingerprint density at radius 1 is 1.28 bits per heavy atom. The van der Waals surface area contributed by atoms with Crippen LogP contribution in [0.3, 0.4) is 0 Å². The number of hydrogen-bond acceptors (Lipinski definition) is 2. The Balaban J connectivity index is 1.73. The van der Waals surface area contributed by atoms with Gasteiger partial charge in [-0.3, -0.25) is 4.79 Å². The first-order valence-electron chi connectivity index (χ1n) is 10.7. The van der Waals surface area contributed by atoms with Crippen LogP contribution in [-0.2, 0) is 17.6 Å². The van der Waals surface area contributed by atoms with Crippen LogP contribution in [0.1, 0.15) is 41.5 Å². The summed E-state index contributed by atoms with van der Waals surface area (Å²) in [5.41, 5.74) is 3.85. The molecule has 0 radical (unpaired) electrons. The van der Waals surface area contributed by atoms with Crippen molar-refractivity contribution >= 4 is 17.5 Å². The van der Waals surface area contributed by atoms with Crippen molar-refractivity contribution in [3.8, 4) is 6.07 Å². The van der Waals surface area contributed by atoms with E-state index in [1.54, 1.807) is 12.1 Å². The minimum atomic E-state index is -4.48. The Hall–Kier alpha value is -2.52. The molecule has 1 amide bonds. The van der Waals surface area contributed by atoms with Crippen LogP contribution in [0.25, 0.3) is 0 Å². The van der Waals surface area contributed by atoms with Crippen LogP contribution in [0, 0.1) is 30.1 Å². The molecule has 3 rings (SSSR count). The first-order valence-corrected chi connectivity index (χ1v) is 11.1. The normalized spacial score (nSPS) is 17.2. The summed E-state index contributed by atoms with van der Waals surface area (Å²) in [6.07, 6.45) is -2.80. The number of alkyl halides is 3. The molecule has 0 spiro atoms. The van der Waals surface area contributed by atoms with Gasteiger partial charge in [0.2, 0.25) is 5.91 Å². The molecule has 0 N–H and O–H groups in total. The van der Waals surface area contributed by atoms with E-state index in [1.165, 1.54) is 16.0 Å². The predicted molar refractivity (Wildman–Crippen MR) is 118 cm³/mol. The number of carbonyl (C=O) groups is 1. The summed E-state index contributed by atoms with van der Waals surface area (Å²) in [4.78, 5) is 13.4. The highest BCUT2D eigenvalue weighted by Gasteiger charge is 2.37. The van der Waals surface area contributed by atoms with Crippen LogP contribution in [0.15, 0.2) is 42.5 Å². The first kappa shape index (κ1) is 24.1. The number of likely N-dealkylation sites (tertiary alicyclic amines) is 1. The molecule has 7 heteroatoms. The first-order chi connectivity index (χ1) is 15.2. The van der Waals surface area contributed by atoms with Gasteiger partial charge in [0.05, 0.1) is 10.6 Å². The number of rotatable bonds is 7. The largest absolute Gasteiger partial charge is 0.397 e. The third-order valence-corrected chi connectivity index (χ3v) is 6.61. The van der Waals surface area contributed by atoms with Crippen molar-refractivity contribution in [2.45, 2.75) is 45.2 Å². The molecular weight excluding hydrogens is 437 g/mol. The molecule has 1 aliphatic rings. The van der Waals surface area contributed by atoms with E-state index in [2.05, 4.69) is 25.1 Å². The molecular formula is C25H26ClF3N2O. The van der Waals surface area contributed by atoms with E-state index in [0.717, 1.165) is 24.8 Å². The maximum atomic E-state index is 12.7. The van der Waals surface area contributed by atoms with Gasteiger partial charge in [-0.25, -0.2) is 0 Å². The molecule has 1 saturated heterocycles. The van der Waals surface area contributed by atoms with Crippen LogP contribution < -0.4 is 0 Å². The molecule has 2 aromatic rings. The van der Waals surface area contributed by atoms with Crippen molar-refractivity contribution < 1.29 is 18.0 Å². The second-order valence-electron chi connectivity index (χ2n) is 8.54. The molecule has 0 saturated carbocycles. The van der Waals surface area contributed by atoms with Crippen LogP contribution in [0.2, 0.25) is 5.02 Å². The van der Waals surface area contributed by atoms with Gasteiger partial charge >= 0.3 is 6.18 Å². The Bertz CT molecular complexity index is 999. The fraction of sp³-hybridized carbons (Fsp3) is 0.440. The van der Waals surface area contributed by atoms with Crippen LogP contribution in [-0.4, -0.2) is 30.1 Å². The van der Waals surface area contributed by atoms with E-state index >= 15 is 0 Å². The molecule has 2 unspecified atom stereocenters. The van der Waals surface area contributed by atoms with Gasteiger partial charge in [0.25, 0.3) is 0 Å². The van der Waals surface area contributed by atoms with E-state index in [4.69, 9.17) is 16.9 Å². The lowest BCUT2D eigenvalue weighted by atomic mass is 9.81. The van der Waals surface area contributed by atoms with Crippen LogP contribution >= 0.6 is 11.6 Å². The second-order valence-corrected chi connectivity index (χ2v) is 8.94. The monoisotopic (exact) mass is 462 g/mol. The number of amides is 1. The zero-order valence-electron chi connectivity index (χ0n) is 18.0. The molecule has 3 nitrogen and oxygen atoms in total. The van der Waals surface area contributed by atoms with Crippen molar-refractivity contribution in [1.29, 1.82) is 5.26 Å². The summed E-state index contributed by atoms with van der Waals surface area (Å²) >= 11 is 6.17. The van der Waals surface area contributed by atoms with E-state index in [-0.39, 0.29) is 11.8 Å². The van der Waals surface area contributed by atoms with E-state index in [9.17, 15) is 18.0 Å². The van der Waals surface area contributed by atoms with Gasteiger partial charge in [0.15, 0.2) is 0 Å². The molecule has 1 heterocycles. The van der Waals surface area contributed by atoms with Gasteiger partial charge < -0.3 is 4.90 Å². The summed E-state index contributed by atoms with van der Waals surface area (Å²) in [6, 6.07) is 15.6. The summed E-state index contributed by atoms with van der Waals surface area (Å²) in [5.74, 6) is -0.483. The quantitative estimate of drug-likeness (QED) is 0.498. The van der Waals surface area contributed by atoms with E-state index < -0.39 is 18.5 Å². The second kappa shape index (κ2) is 10.4. The van der Waals surface area contributed by atoms with Gasteiger partial charge in [-0.15, -0.1) is 0 Å². The van der Waals surface area contributed by atoms with Crippen LogP contribution in [0.4, 0.5) is 13.2 Å². The van der Waals surface area contributed by atoms with Crippen LogP contribution in [0.5, 0.6) is 0 Å². The fourth-order valence-corrected chi connectivity index (χ4v) is 4.71. The lowest BCUT2D eigenvalue weighted by Crippen LogP contribution is -2.33. The maximum absolute atomic E-state index is 12.7. The number of benzene rings is 2. The summed E-state index contributed by atoms with van der Waals surface area (Å²) in [7, 11) is 0. The highest BCUT2D eigenvalue weighted by atomic mass is 35.5. The summed E-state index contributed by atoms with van der Waals surface area (Å²) in [6.45, 7) is 2.78. The van der Waals surface area contributed by atoms with Gasteiger partial charge in [0, 0.05) is 13.1 Å². The standard InChI is InChI=1S/C25H26ClF3N2O/c1-17-4-2-3-5-19(17)13-20(8-6-18-7-9-21(15-30)23(26)12-18)22-10-11-31(16-22)24(32)14-25(27,28)29/h2-5,7,9,12,20,22H,6,8,10-11,13-14,16H2,1H3. The molecule has 0 bridgehead atoms. The number of aryl methyl sites for hydroxylation is 2. The smallest absolute Gasteiger partial charge is 0.342 e. The minimum Gasteiger partial charge on any atom is -0.342 e. The lowest BCUT2D eigenvalue weighted by molar-refractivity contribution is -0.160. The third kappa shape index (κ3) is 6.49. The Morgan fingerprint density at radius 2 is 2.03 bits per heavy atom. The fourth-order valence-electron chi connectivity index (χ4n) is 4.46. The van der Waals surface area contributed by atoms with Gasteiger partial charge in [-0.2, -0.15) is 18.4 Å². The highest BCUT2D eigenvalue weighted by Crippen LogP contribution is 2.33. The van der Waals surface area contributed by atoms with Crippen molar-refractivity contribution in [1.82, 2.24) is 4.90 Å². The summed E-state index contributed by atoms with van der Waals surface area (Å²) < 4.78 is 38.0. The Kier molecular flexibility index (Phi) is 7.84. The number of carbonyl (C=O) groups excluding carboxylic acids is 1. The van der Waals surface area contributed by atoms with E-state index in [0.29, 0.717) is 30.1 Å². The van der Waals surface area contributed by atoms with E-state index in [1.807, 2.05) is 18.2 Å². The van der Waals surface area contributed by atoms with Crippen molar-refractivity contribution in [3.63, 3.8) is 0 Å². The average Bonchev–Trinajstić information content (AvgIpc) is 3.21. The van der Waals surface area contributed by atoms with Crippen molar-refractivity contribution in [2.24, 2.45) is 11.8 Å². The summed E-state index contributed by atoms with van der Waals surface area (Å²) in [5, 5.41) is 9.49.